The number of hydrogen-bond donors (Lipinski definition) is 1. The van der Waals surface area contributed by atoms with Crippen LogP contribution in [0.4, 0.5) is 0 Å². The average molecular weight is 240 g/mol. The van der Waals surface area contributed by atoms with Crippen molar-refractivity contribution in [2.24, 2.45) is 0 Å². The molecule has 1 aromatic heterocycles. The highest BCUT2D eigenvalue weighted by Gasteiger charge is 2.19. The zero-order valence-corrected chi connectivity index (χ0v) is 11.8. The third-order valence-electron chi connectivity index (χ3n) is 3.01. The second-order valence-corrected chi connectivity index (χ2v) is 5.52. The van der Waals surface area contributed by atoms with E-state index in [4.69, 9.17) is 0 Å². The minimum Gasteiger partial charge on any atom is -0.335 e. The lowest BCUT2D eigenvalue weighted by atomic mass is 9.96. The summed E-state index contributed by atoms with van der Waals surface area (Å²) in [6.07, 6.45) is 1.11. The van der Waals surface area contributed by atoms with Crippen molar-refractivity contribution >= 4 is 0 Å². The van der Waals surface area contributed by atoms with Gasteiger partial charge in [-0.15, -0.1) is 10.2 Å². The first-order valence-electron chi connectivity index (χ1n) is 6.59. The van der Waals surface area contributed by atoms with Crippen LogP contribution in [0.3, 0.4) is 0 Å². The van der Waals surface area contributed by atoms with Crippen molar-refractivity contribution < 1.29 is 4.90 Å². The maximum Gasteiger partial charge on any atom is 0.180 e. The number of aryl methyl sites for hydroxylation is 1. The van der Waals surface area contributed by atoms with E-state index in [1.165, 1.54) is 19.6 Å². The van der Waals surface area contributed by atoms with Crippen LogP contribution in [0, 0.1) is 0 Å². The minimum absolute atomic E-state index is 0.0115. The average Bonchev–Trinajstić information content (AvgIpc) is 2.73. The van der Waals surface area contributed by atoms with Crippen molar-refractivity contribution in [1.82, 2.24) is 20.2 Å². The molecule has 0 aromatic carbocycles. The number of hydrogen-bond acceptors (Lipinski definition) is 3. The van der Waals surface area contributed by atoms with Crippen LogP contribution in [0.5, 0.6) is 0 Å². The van der Waals surface area contributed by atoms with Crippen LogP contribution in [0.15, 0.2) is 0 Å². The summed E-state index contributed by atoms with van der Waals surface area (Å²) in [7, 11) is 0. The highest BCUT2D eigenvalue weighted by molar-refractivity contribution is 4.95. The van der Waals surface area contributed by atoms with Gasteiger partial charge in [0, 0.05) is 11.8 Å². The fraction of sp³-hybridized carbons (Fsp3) is 0.917. The Kier molecular flexibility index (Phi) is 5.05. The van der Waals surface area contributed by atoms with E-state index >= 15 is 0 Å². The first-order valence-corrected chi connectivity index (χ1v) is 6.59. The van der Waals surface area contributed by atoms with E-state index in [-0.39, 0.29) is 5.41 Å². The molecule has 0 atom stereocenters. The Labute approximate surface area is 104 Å². The van der Waals surface area contributed by atoms with Crippen LogP contribution in [0.25, 0.3) is 0 Å². The van der Waals surface area contributed by atoms with E-state index in [9.17, 15) is 0 Å². The van der Waals surface area contributed by atoms with E-state index in [0.717, 1.165) is 18.8 Å². The third-order valence-corrected chi connectivity index (χ3v) is 3.01. The van der Waals surface area contributed by atoms with Crippen LogP contribution in [0.2, 0.25) is 0 Å². The lowest BCUT2D eigenvalue weighted by molar-refractivity contribution is -0.896. The summed E-state index contributed by atoms with van der Waals surface area (Å²) in [5.74, 6) is 0.827. The fourth-order valence-electron chi connectivity index (χ4n) is 1.71. The SMILES string of the molecule is CC[NH+](CC)CCCn1nnc(C(C)(C)C)n1. The molecule has 0 saturated heterocycles. The van der Waals surface area contributed by atoms with Crippen LogP contribution in [-0.2, 0) is 12.0 Å². The number of nitrogens with zero attached hydrogens (tertiary/aromatic N) is 4. The van der Waals surface area contributed by atoms with E-state index in [0.29, 0.717) is 0 Å². The van der Waals surface area contributed by atoms with E-state index in [1.54, 1.807) is 9.70 Å². The predicted octanol–water partition coefficient (Wildman–Crippen LogP) is 0.285. The van der Waals surface area contributed by atoms with Gasteiger partial charge in [0.25, 0.3) is 0 Å². The molecule has 0 aliphatic heterocycles. The molecule has 5 heteroatoms. The van der Waals surface area contributed by atoms with Gasteiger partial charge in [-0.25, -0.2) is 0 Å². The minimum atomic E-state index is -0.0115. The lowest BCUT2D eigenvalue weighted by Gasteiger charge is -2.14. The Bertz CT molecular complexity index is 322. The van der Waals surface area contributed by atoms with Gasteiger partial charge >= 0.3 is 0 Å². The molecule has 0 spiro atoms. The first kappa shape index (κ1) is 14.1. The molecule has 17 heavy (non-hydrogen) atoms. The van der Waals surface area contributed by atoms with Gasteiger partial charge in [-0.2, -0.15) is 4.80 Å². The molecule has 0 fully saturated rings. The normalized spacial score (nSPS) is 12.4. The van der Waals surface area contributed by atoms with Gasteiger partial charge in [-0.1, -0.05) is 20.8 Å². The van der Waals surface area contributed by atoms with Crippen molar-refractivity contribution in [1.29, 1.82) is 0 Å². The summed E-state index contributed by atoms with van der Waals surface area (Å²) in [4.78, 5) is 3.35. The molecule has 5 nitrogen and oxygen atoms in total. The first-order chi connectivity index (χ1) is 7.97. The van der Waals surface area contributed by atoms with Gasteiger partial charge in [0.1, 0.15) is 0 Å². The van der Waals surface area contributed by atoms with Crippen molar-refractivity contribution in [2.75, 3.05) is 19.6 Å². The zero-order valence-electron chi connectivity index (χ0n) is 11.8. The smallest absolute Gasteiger partial charge is 0.180 e. The molecule has 0 amide bonds. The van der Waals surface area contributed by atoms with E-state index < -0.39 is 0 Å². The predicted molar refractivity (Wildman–Crippen MR) is 68.0 cm³/mol. The Morgan fingerprint density at radius 2 is 1.82 bits per heavy atom. The maximum atomic E-state index is 4.42. The number of quaternary nitrogens is 1. The van der Waals surface area contributed by atoms with Gasteiger partial charge in [0.05, 0.1) is 26.2 Å². The Balaban J connectivity index is 2.40. The third kappa shape index (κ3) is 4.42. The van der Waals surface area contributed by atoms with Gasteiger partial charge < -0.3 is 4.90 Å². The maximum absolute atomic E-state index is 4.42. The molecular formula is C12H26N5+. The van der Waals surface area contributed by atoms with Crippen molar-refractivity contribution in [3.05, 3.63) is 5.82 Å². The lowest BCUT2D eigenvalue weighted by Crippen LogP contribution is -3.11. The fourth-order valence-corrected chi connectivity index (χ4v) is 1.71. The molecule has 0 aliphatic carbocycles. The highest BCUT2D eigenvalue weighted by atomic mass is 15.6. The molecule has 1 aromatic rings. The van der Waals surface area contributed by atoms with Crippen LogP contribution in [0.1, 0.15) is 46.9 Å². The van der Waals surface area contributed by atoms with Crippen molar-refractivity contribution in [3.63, 3.8) is 0 Å². The molecular weight excluding hydrogens is 214 g/mol. The monoisotopic (exact) mass is 240 g/mol. The summed E-state index contributed by atoms with van der Waals surface area (Å²) >= 11 is 0. The summed E-state index contributed by atoms with van der Waals surface area (Å²) in [5, 5.41) is 12.6. The van der Waals surface area contributed by atoms with E-state index in [2.05, 4.69) is 50.0 Å². The van der Waals surface area contributed by atoms with Gasteiger partial charge in [-0.3, -0.25) is 0 Å². The van der Waals surface area contributed by atoms with Gasteiger partial charge in [0.2, 0.25) is 0 Å². The standard InChI is InChI=1S/C12H25N5/c1-6-16(7-2)9-8-10-17-14-11(13-15-17)12(3,4)5/h6-10H2,1-5H3/p+1. The largest absolute Gasteiger partial charge is 0.335 e. The molecule has 1 heterocycles. The van der Waals surface area contributed by atoms with Crippen LogP contribution < -0.4 is 4.90 Å². The molecule has 1 N–H and O–H groups in total. The molecule has 0 bridgehead atoms. The second-order valence-electron chi connectivity index (χ2n) is 5.52. The summed E-state index contributed by atoms with van der Waals surface area (Å²) in [6, 6.07) is 0. The number of aromatic nitrogens is 4. The second kappa shape index (κ2) is 6.10. The van der Waals surface area contributed by atoms with Crippen molar-refractivity contribution in [3.8, 4) is 0 Å². The quantitative estimate of drug-likeness (QED) is 0.777. The van der Waals surface area contributed by atoms with Gasteiger partial charge in [-0.05, 0) is 19.1 Å². The van der Waals surface area contributed by atoms with Crippen LogP contribution in [-0.4, -0.2) is 39.8 Å². The Morgan fingerprint density at radius 3 is 2.29 bits per heavy atom. The molecule has 0 saturated carbocycles. The number of nitrogens with one attached hydrogen (secondary N) is 1. The summed E-state index contributed by atoms with van der Waals surface area (Å²) in [5.41, 5.74) is -0.0115. The summed E-state index contributed by atoms with van der Waals surface area (Å²) in [6.45, 7) is 15.2. The topological polar surface area (TPSA) is 48.0 Å². The molecule has 0 unspecified atom stereocenters. The summed E-state index contributed by atoms with van der Waals surface area (Å²) < 4.78 is 0. The Morgan fingerprint density at radius 1 is 1.18 bits per heavy atom. The number of tetrazole rings is 1. The number of rotatable bonds is 6. The van der Waals surface area contributed by atoms with Crippen LogP contribution >= 0.6 is 0 Å². The molecule has 0 radical (unpaired) electrons. The van der Waals surface area contributed by atoms with Gasteiger partial charge in [0.15, 0.2) is 5.82 Å². The zero-order chi connectivity index (χ0) is 12.9. The van der Waals surface area contributed by atoms with Crippen molar-refractivity contribution in [2.45, 2.75) is 53.0 Å². The highest BCUT2D eigenvalue weighted by Crippen LogP contribution is 2.15. The molecule has 0 aliphatic rings. The Hall–Kier alpha value is -0.970. The molecule has 98 valence electrons. The molecule has 1 rings (SSSR count). The van der Waals surface area contributed by atoms with E-state index in [1.807, 2.05) is 0 Å².